The number of likely N-dealkylation sites (tertiary alicyclic amines) is 1. The van der Waals surface area contributed by atoms with Crippen LogP contribution in [0.4, 0.5) is 14.6 Å². The van der Waals surface area contributed by atoms with Crippen molar-refractivity contribution in [3.05, 3.63) is 17.6 Å². The minimum absolute atomic E-state index is 0.0457. The van der Waals surface area contributed by atoms with Crippen molar-refractivity contribution in [2.24, 2.45) is 5.92 Å². The fourth-order valence-corrected chi connectivity index (χ4v) is 4.43. The second-order valence-corrected chi connectivity index (χ2v) is 7.77. The molecule has 3 aliphatic rings. The van der Waals surface area contributed by atoms with Crippen LogP contribution in [0.15, 0.2) is 6.33 Å². The Labute approximate surface area is 152 Å². The molecule has 0 unspecified atom stereocenters. The van der Waals surface area contributed by atoms with Crippen LogP contribution in [0.2, 0.25) is 0 Å². The molecule has 0 spiro atoms. The predicted molar refractivity (Wildman–Crippen MR) is 94.4 cm³/mol. The molecular formula is C19H26F2N4O. The number of rotatable bonds is 2. The number of alkyl halides is 2. The molecule has 0 aromatic carbocycles. The van der Waals surface area contributed by atoms with Crippen LogP contribution < -0.4 is 4.90 Å². The normalized spacial score (nSPS) is 23.6. The summed E-state index contributed by atoms with van der Waals surface area (Å²) in [5.41, 5.74) is 2.45. The Hall–Kier alpha value is -1.79. The van der Waals surface area contributed by atoms with Crippen molar-refractivity contribution in [3.63, 3.8) is 0 Å². The van der Waals surface area contributed by atoms with Gasteiger partial charge in [0.15, 0.2) is 0 Å². The lowest BCUT2D eigenvalue weighted by atomic mass is 9.92. The van der Waals surface area contributed by atoms with Gasteiger partial charge in [-0.25, -0.2) is 18.7 Å². The van der Waals surface area contributed by atoms with Gasteiger partial charge in [0.2, 0.25) is 5.91 Å². The third-order valence-electron chi connectivity index (χ3n) is 6.05. The third kappa shape index (κ3) is 3.53. The van der Waals surface area contributed by atoms with E-state index >= 15 is 0 Å². The fraction of sp³-hybridized carbons (Fsp3) is 0.737. The number of piperidine rings is 2. The van der Waals surface area contributed by atoms with Gasteiger partial charge >= 0.3 is 0 Å². The van der Waals surface area contributed by atoms with Gasteiger partial charge in [0.05, 0.1) is 0 Å². The van der Waals surface area contributed by atoms with E-state index in [0.717, 1.165) is 44.6 Å². The lowest BCUT2D eigenvalue weighted by Gasteiger charge is -2.38. The van der Waals surface area contributed by atoms with E-state index in [0.29, 0.717) is 0 Å². The highest BCUT2D eigenvalue weighted by Gasteiger charge is 2.38. The fourth-order valence-electron chi connectivity index (χ4n) is 4.43. The molecular weight excluding hydrogens is 338 g/mol. The lowest BCUT2D eigenvalue weighted by Crippen LogP contribution is -2.47. The van der Waals surface area contributed by atoms with Gasteiger partial charge < -0.3 is 9.80 Å². The molecule has 142 valence electrons. The number of amides is 1. The number of aromatic nitrogens is 2. The van der Waals surface area contributed by atoms with Crippen molar-refractivity contribution in [1.82, 2.24) is 14.9 Å². The number of hydrogen-bond donors (Lipinski definition) is 0. The number of fused-ring (bicyclic) bond motifs is 1. The largest absolute Gasteiger partial charge is 0.356 e. The lowest BCUT2D eigenvalue weighted by molar-refractivity contribution is -0.142. The van der Waals surface area contributed by atoms with E-state index in [4.69, 9.17) is 0 Å². The molecule has 1 aromatic rings. The van der Waals surface area contributed by atoms with E-state index in [1.54, 1.807) is 11.2 Å². The number of halogens is 2. The van der Waals surface area contributed by atoms with E-state index < -0.39 is 5.92 Å². The summed E-state index contributed by atoms with van der Waals surface area (Å²) in [6, 6.07) is 0. The summed E-state index contributed by atoms with van der Waals surface area (Å²) in [6.07, 6.45) is 7.22. The molecule has 1 amide bonds. The van der Waals surface area contributed by atoms with Gasteiger partial charge in [-0.05, 0) is 38.5 Å². The van der Waals surface area contributed by atoms with Gasteiger partial charge in [-0.15, -0.1) is 0 Å². The average molecular weight is 364 g/mol. The zero-order valence-electron chi connectivity index (χ0n) is 15.1. The maximum atomic E-state index is 13.3. The number of nitrogens with zero attached hydrogens (tertiary/aromatic N) is 4. The molecule has 1 aromatic heterocycles. The number of anilines is 1. The topological polar surface area (TPSA) is 49.3 Å². The summed E-state index contributed by atoms with van der Waals surface area (Å²) in [7, 11) is 0. The van der Waals surface area contributed by atoms with Crippen LogP contribution in [0.3, 0.4) is 0 Å². The van der Waals surface area contributed by atoms with Gasteiger partial charge in [0.1, 0.15) is 12.1 Å². The van der Waals surface area contributed by atoms with Gasteiger partial charge in [-0.2, -0.15) is 0 Å². The number of aryl methyl sites for hydroxylation is 1. The van der Waals surface area contributed by atoms with Gasteiger partial charge in [-0.3, -0.25) is 4.79 Å². The molecule has 5 nitrogen and oxygen atoms in total. The van der Waals surface area contributed by atoms with Gasteiger partial charge in [0.25, 0.3) is 5.92 Å². The first kappa shape index (κ1) is 17.6. The maximum Gasteiger partial charge on any atom is 0.251 e. The molecule has 1 aliphatic carbocycles. The van der Waals surface area contributed by atoms with E-state index in [2.05, 4.69) is 14.9 Å². The molecule has 7 heteroatoms. The molecule has 3 heterocycles. The zero-order valence-corrected chi connectivity index (χ0v) is 15.1. The highest BCUT2D eigenvalue weighted by atomic mass is 19.3. The van der Waals surface area contributed by atoms with Crippen LogP contribution in [0.5, 0.6) is 0 Å². The molecule has 0 N–H and O–H groups in total. The summed E-state index contributed by atoms with van der Waals surface area (Å²) in [5, 5.41) is 0. The first-order chi connectivity index (χ1) is 12.5. The van der Waals surface area contributed by atoms with Crippen molar-refractivity contribution < 1.29 is 13.6 Å². The third-order valence-corrected chi connectivity index (χ3v) is 6.05. The monoisotopic (exact) mass is 364 g/mol. The molecule has 0 atom stereocenters. The highest BCUT2D eigenvalue weighted by molar-refractivity contribution is 5.79. The first-order valence-corrected chi connectivity index (χ1v) is 9.78. The first-order valence-electron chi connectivity index (χ1n) is 9.78. The Balaban J connectivity index is 1.37. The highest BCUT2D eigenvalue weighted by Crippen LogP contribution is 2.32. The van der Waals surface area contributed by atoms with E-state index in [1.165, 1.54) is 24.1 Å². The van der Waals surface area contributed by atoms with Crippen LogP contribution in [0.25, 0.3) is 0 Å². The summed E-state index contributed by atoms with van der Waals surface area (Å²) in [5.74, 6) is -1.55. The van der Waals surface area contributed by atoms with Crippen LogP contribution in [-0.4, -0.2) is 52.9 Å². The Morgan fingerprint density at radius 3 is 2.46 bits per heavy atom. The molecule has 0 saturated carbocycles. The Bertz CT molecular complexity index is 664. The number of carbonyl (C=O) groups excluding carboxylic acids is 1. The van der Waals surface area contributed by atoms with Gasteiger partial charge in [-0.1, -0.05) is 0 Å². The molecule has 0 radical (unpaired) electrons. The van der Waals surface area contributed by atoms with Crippen molar-refractivity contribution in [2.75, 3.05) is 31.1 Å². The maximum absolute atomic E-state index is 13.3. The van der Waals surface area contributed by atoms with Crippen molar-refractivity contribution in [3.8, 4) is 0 Å². The van der Waals surface area contributed by atoms with Crippen LogP contribution in [0.1, 0.15) is 49.8 Å². The SMILES string of the molecule is O=C(C1CCN(c2ncnc3c2CCCC3)CC1)N1CCC(F)(F)CC1. The minimum atomic E-state index is -2.60. The minimum Gasteiger partial charge on any atom is -0.356 e. The molecule has 2 saturated heterocycles. The van der Waals surface area contributed by atoms with E-state index in [-0.39, 0.29) is 37.8 Å². The number of hydrogen-bond acceptors (Lipinski definition) is 4. The molecule has 0 bridgehead atoms. The average Bonchev–Trinajstić information content (AvgIpc) is 2.67. The second-order valence-electron chi connectivity index (χ2n) is 7.77. The molecule has 26 heavy (non-hydrogen) atoms. The van der Waals surface area contributed by atoms with Crippen molar-refractivity contribution in [2.45, 2.75) is 57.3 Å². The van der Waals surface area contributed by atoms with E-state index in [1.807, 2.05) is 0 Å². The Kier molecular flexibility index (Phi) is 4.80. The quantitative estimate of drug-likeness (QED) is 0.810. The van der Waals surface area contributed by atoms with Crippen LogP contribution in [0, 0.1) is 5.92 Å². The summed E-state index contributed by atoms with van der Waals surface area (Å²) in [4.78, 5) is 25.6. The van der Waals surface area contributed by atoms with Crippen molar-refractivity contribution in [1.29, 1.82) is 0 Å². The Morgan fingerprint density at radius 1 is 1.04 bits per heavy atom. The molecule has 2 aliphatic heterocycles. The summed E-state index contributed by atoms with van der Waals surface area (Å²) < 4.78 is 26.6. The van der Waals surface area contributed by atoms with Crippen molar-refractivity contribution >= 4 is 11.7 Å². The van der Waals surface area contributed by atoms with Crippen LogP contribution >= 0.6 is 0 Å². The molecule has 4 rings (SSSR count). The van der Waals surface area contributed by atoms with Gasteiger partial charge in [0, 0.05) is 56.2 Å². The second kappa shape index (κ2) is 7.08. The number of carbonyl (C=O) groups is 1. The Morgan fingerprint density at radius 2 is 1.73 bits per heavy atom. The molecule has 2 fully saturated rings. The summed E-state index contributed by atoms with van der Waals surface area (Å²) >= 11 is 0. The van der Waals surface area contributed by atoms with E-state index in [9.17, 15) is 13.6 Å². The summed E-state index contributed by atoms with van der Waals surface area (Å²) in [6.45, 7) is 1.96. The standard InChI is InChI=1S/C19H26F2N4O/c20-19(21)7-11-25(12-8-19)18(26)14-5-9-24(10-6-14)17-15-3-1-2-4-16(15)22-13-23-17/h13-14H,1-12H2. The van der Waals surface area contributed by atoms with Crippen LogP contribution in [-0.2, 0) is 17.6 Å². The smallest absolute Gasteiger partial charge is 0.251 e. The predicted octanol–water partition coefficient (Wildman–Crippen LogP) is 2.83. The zero-order chi connectivity index (χ0) is 18.1.